The fraction of sp³-hybridized carbons (Fsp3) is 0.200. The molecule has 0 bridgehead atoms. The number of fused-ring (bicyclic) bond motifs is 1. The van der Waals surface area contributed by atoms with Crippen molar-refractivity contribution in [3.8, 4) is 22.8 Å². The van der Waals surface area contributed by atoms with Crippen molar-refractivity contribution in [1.29, 1.82) is 0 Å². The standard InChI is InChI=1S/C20H17FN4O3/c1-11(2)10-25-16-8-5-13(9-15(16)22-18(26)20(25)27)17-23-19(28-24-17)12-3-6-14(21)7-4-12/h3-9,11H,10H2,1-2H3,(H,22,26). The number of H-pyrrole nitrogens is 1. The smallest absolute Gasteiger partial charge is 0.316 e. The molecule has 4 aromatic rings. The van der Waals surface area contributed by atoms with Gasteiger partial charge in [0.15, 0.2) is 0 Å². The second-order valence-corrected chi connectivity index (χ2v) is 6.93. The largest absolute Gasteiger partial charge is 0.334 e. The van der Waals surface area contributed by atoms with Gasteiger partial charge in [-0.1, -0.05) is 19.0 Å². The second-order valence-electron chi connectivity index (χ2n) is 6.93. The van der Waals surface area contributed by atoms with Crippen molar-refractivity contribution >= 4 is 11.0 Å². The lowest BCUT2D eigenvalue weighted by atomic mass is 10.1. The van der Waals surface area contributed by atoms with Crippen molar-refractivity contribution in [2.24, 2.45) is 5.92 Å². The van der Waals surface area contributed by atoms with Crippen molar-refractivity contribution in [3.63, 3.8) is 0 Å². The zero-order valence-electron chi connectivity index (χ0n) is 15.3. The van der Waals surface area contributed by atoms with E-state index in [0.717, 1.165) is 0 Å². The van der Waals surface area contributed by atoms with E-state index in [9.17, 15) is 14.0 Å². The first-order chi connectivity index (χ1) is 13.4. The highest BCUT2D eigenvalue weighted by Gasteiger charge is 2.14. The van der Waals surface area contributed by atoms with Crippen molar-refractivity contribution in [1.82, 2.24) is 19.7 Å². The monoisotopic (exact) mass is 380 g/mol. The topological polar surface area (TPSA) is 93.8 Å². The van der Waals surface area contributed by atoms with Gasteiger partial charge in [-0.2, -0.15) is 4.98 Å². The summed E-state index contributed by atoms with van der Waals surface area (Å²) in [4.78, 5) is 31.2. The minimum Gasteiger partial charge on any atom is -0.334 e. The summed E-state index contributed by atoms with van der Waals surface area (Å²) in [5.74, 6) is 0.435. The molecule has 0 aliphatic heterocycles. The number of rotatable bonds is 4. The lowest BCUT2D eigenvalue weighted by Gasteiger charge is -2.12. The van der Waals surface area contributed by atoms with Crippen LogP contribution in [0.25, 0.3) is 33.9 Å². The molecule has 28 heavy (non-hydrogen) atoms. The normalized spacial score (nSPS) is 11.4. The minimum absolute atomic E-state index is 0.206. The number of aromatic nitrogens is 4. The van der Waals surface area contributed by atoms with Gasteiger partial charge < -0.3 is 14.1 Å². The average Bonchev–Trinajstić information content (AvgIpc) is 3.15. The van der Waals surface area contributed by atoms with E-state index in [-0.39, 0.29) is 17.6 Å². The third-order valence-electron chi connectivity index (χ3n) is 4.30. The molecular formula is C20H17FN4O3. The van der Waals surface area contributed by atoms with E-state index in [1.807, 2.05) is 13.8 Å². The molecule has 0 radical (unpaired) electrons. The third kappa shape index (κ3) is 3.24. The van der Waals surface area contributed by atoms with Crippen LogP contribution in [0.2, 0.25) is 0 Å². The van der Waals surface area contributed by atoms with E-state index in [1.165, 1.54) is 16.7 Å². The molecule has 2 aromatic carbocycles. The molecule has 8 heteroatoms. The Morgan fingerprint density at radius 3 is 2.54 bits per heavy atom. The number of hydrogen-bond donors (Lipinski definition) is 1. The van der Waals surface area contributed by atoms with E-state index in [0.29, 0.717) is 34.5 Å². The van der Waals surface area contributed by atoms with Gasteiger partial charge in [-0.25, -0.2) is 4.39 Å². The number of hydrogen-bond acceptors (Lipinski definition) is 5. The molecule has 7 nitrogen and oxygen atoms in total. The Bertz CT molecular complexity index is 1270. The van der Waals surface area contributed by atoms with Crippen LogP contribution in [-0.4, -0.2) is 19.7 Å². The van der Waals surface area contributed by atoms with Gasteiger partial charge in [-0.05, 0) is 48.4 Å². The molecule has 0 amide bonds. The fourth-order valence-corrected chi connectivity index (χ4v) is 3.02. The summed E-state index contributed by atoms with van der Waals surface area (Å²) in [5, 5.41) is 3.96. The Labute approximate surface area is 158 Å². The second kappa shape index (κ2) is 6.88. The zero-order chi connectivity index (χ0) is 19.8. The molecular weight excluding hydrogens is 363 g/mol. The predicted molar refractivity (Wildman–Crippen MR) is 102 cm³/mol. The highest BCUT2D eigenvalue weighted by atomic mass is 19.1. The number of benzene rings is 2. The van der Waals surface area contributed by atoms with Crippen LogP contribution >= 0.6 is 0 Å². The molecule has 0 aliphatic rings. The highest BCUT2D eigenvalue weighted by molar-refractivity contribution is 5.80. The zero-order valence-corrected chi connectivity index (χ0v) is 15.3. The average molecular weight is 380 g/mol. The SMILES string of the molecule is CC(C)Cn1c(=O)c(=O)[nH]c2cc(-c3noc(-c4ccc(F)cc4)n3)ccc21. The molecule has 0 saturated heterocycles. The number of aromatic amines is 1. The Morgan fingerprint density at radius 1 is 1.11 bits per heavy atom. The van der Waals surface area contributed by atoms with Crippen molar-refractivity contribution in [3.05, 3.63) is 69.0 Å². The Kier molecular flexibility index (Phi) is 4.38. The lowest BCUT2D eigenvalue weighted by Crippen LogP contribution is -2.37. The molecule has 2 heterocycles. The molecule has 2 aromatic heterocycles. The quantitative estimate of drug-likeness (QED) is 0.549. The molecule has 0 aliphatic carbocycles. The van der Waals surface area contributed by atoms with Crippen LogP contribution in [0.3, 0.4) is 0 Å². The van der Waals surface area contributed by atoms with Crippen LogP contribution in [-0.2, 0) is 6.54 Å². The van der Waals surface area contributed by atoms with Gasteiger partial charge in [0.1, 0.15) is 5.82 Å². The first kappa shape index (κ1) is 17.8. The molecule has 1 N–H and O–H groups in total. The number of nitrogens with one attached hydrogen (secondary N) is 1. The molecule has 0 saturated carbocycles. The van der Waals surface area contributed by atoms with Gasteiger partial charge in [0.25, 0.3) is 5.89 Å². The summed E-state index contributed by atoms with van der Waals surface area (Å²) < 4.78 is 19.8. The van der Waals surface area contributed by atoms with Gasteiger partial charge in [-0.3, -0.25) is 9.59 Å². The number of nitrogens with zero attached hydrogens (tertiary/aromatic N) is 3. The van der Waals surface area contributed by atoms with Gasteiger partial charge in [0, 0.05) is 17.7 Å². The van der Waals surface area contributed by atoms with E-state index in [2.05, 4.69) is 15.1 Å². The lowest BCUT2D eigenvalue weighted by molar-refractivity contribution is 0.432. The van der Waals surface area contributed by atoms with Crippen LogP contribution in [0.5, 0.6) is 0 Å². The van der Waals surface area contributed by atoms with E-state index in [4.69, 9.17) is 4.52 Å². The summed E-state index contributed by atoms with van der Waals surface area (Å²) in [6.45, 7) is 4.39. The predicted octanol–water partition coefficient (Wildman–Crippen LogP) is 3.20. The molecule has 0 unspecified atom stereocenters. The summed E-state index contributed by atoms with van der Waals surface area (Å²) in [7, 11) is 0. The molecule has 0 spiro atoms. The molecule has 4 rings (SSSR count). The Morgan fingerprint density at radius 2 is 1.82 bits per heavy atom. The van der Waals surface area contributed by atoms with E-state index in [1.54, 1.807) is 30.3 Å². The number of halogens is 1. The van der Waals surface area contributed by atoms with E-state index < -0.39 is 11.1 Å². The summed E-state index contributed by atoms with van der Waals surface area (Å²) in [5.41, 5.74) is 1.10. The van der Waals surface area contributed by atoms with Crippen molar-refractivity contribution in [2.75, 3.05) is 0 Å². The van der Waals surface area contributed by atoms with Gasteiger partial charge in [0.05, 0.1) is 11.0 Å². The summed E-state index contributed by atoms with van der Waals surface area (Å²) in [6.07, 6.45) is 0. The molecule has 142 valence electrons. The van der Waals surface area contributed by atoms with Crippen LogP contribution in [0.1, 0.15) is 13.8 Å². The summed E-state index contributed by atoms with van der Waals surface area (Å²) in [6, 6.07) is 10.9. The highest BCUT2D eigenvalue weighted by Crippen LogP contribution is 2.24. The first-order valence-corrected chi connectivity index (χ1v) is 8.79. The third-order valence-corrected chi connectivity index (χ3v) is 4.30. The van der Waals surface area contributed by atoms with Crippen LogP contribution in [0, 0.1) is 11.7 Å². The Balaban J connectivity index is 1.78. The van der Waals surface area contributed by atoms with Crippen LogP contribution < -0.4 is 11.1 Å². The maximum atomic E-state index is 13.1. The maximum Gasteiger partial charge on any atom is 0.316 e. The maximum absolute atomic E-state index is 13.1. The van der Waals surface area contributed by atoms with Gasteiger partial charge in [0.2, 0.25) is 5.82 Å². The van der Waals surface area contributed by atoms with Crippen molar-refractivity contribution in [2.45, 2.75) is 20.4 Å². The summed E-state index contributed by atoms with van der Waals surface area (Å²) >= 11 is 0. The molecule has 0 fully saturated rings. The Hall–Kier alpha value is -3.55. The van der Waals surface area contributed by atoms with Gasteiger partial charge >= 0.3 is 11.1 Å². The molecule has 0 atom stereocenters. The van der Waals surface area contributed by atoms with Crippen molar-refractivity contribution < 1.29 is 8.91 Å². The first-order valence-electron chi connectivity index (χ1n) is 8.79. The van der Waals surface area contributed by atoms with Crippen LogP contribution in [0.4, 0.5) is 4.39 Å². The fourth-order valence-electron chi connectivity index (χ4n) is 3.02. The van der Waals surface area contributed by atoms with Crippen LogP contribution in [0.15, 0.2) is 56.6 Å². The van der Waals surface area contributed by atoms with E-state index >= 15 is 0 Å². The van der Waals surface area contributed by atoms with Gasteiger partial charge in [-0.15, -0.1) is 0 Å². The minimum atomic E-state index is -0.676.